The Morgan fingerprint density at radius 2 is 1.38 bits per heavy atom. The van der Waals surface area contributed by atoms with Crippen molar-refractivity contribution >= 4 is 34.2 Å². The third-order valence-corrected chi connectivity index (χ3v) is 8.50. The summed E-state index contributed by atoms with van der Waals surface area (Å²) in [5.74, 6) is -5.78. The van der Waals surface area contributed by atoms with Crippen molar-refractivity contribution in [3.05, 3.63) is 51.3 Å². The molecule has 0 radical (unpaired) electrons. The number of azo groups is 1. The SMILES string of the molecule is COc1ccc(-c2nc3c(=O)[nH]c(N)nc3n2[C@]2(N=N[C@@]3(n4cnc5c(=O)[nH]c(N)nc54)O[C@H](CO)[C@@H](O)[C@H]3O)O[C@H](CO)[C@@H](O)[C@H]2O)cc1. The zero-order valence-corrected chi connectivity index (χ0v) is 25.7. The molecule has 0 amide bonds. The number of fused-ring (bicyclic) bond motifs is 2. The van der Waals surface area contributed by atoms with Gasteiger partial charge >= 0.3 is 0 Å². The van der Waals surface area contributed by atoms with Crippen LogP contribution in [-0.2, 0) is 21.2 Å². The molecule has 4 aromatic heterocycles. The number of aliphatic hydroxyl groups excluding tert-OH is 6. The fraction of sp³-hybridized carbons (Fsp3) is 0.407. The summed E-state index contributed by atoms with van der Waals surface area (Å²) in [6.07, 6.45) is -10.00. The summed E-state index contributed by atoms with van der Waals surface area (Å²) in [5.41, 5.74) is 9.11. The number of benzene rings is 1. The summed E-state index contributed by atoms with van der Waals surface area (Å²) in [4.78, 5) is 47.1. The lowest BCUT2D eigenvalue weighted by molar-refractivity contribution is -0.170. The Morgan fingerprint density at radius 3 is 1.96 bits per heavy atom. The number of aromatic amines is 2. The van der Waals surface area contributed by atoms with Crippen molar-refractivity contribution in [2.24, 2.45) is 10.2 Å². The van der Waals surface area contributed by atoms with Crippen molar-refractivity contribution < 1.29 is 44.8 Å². The van der Waals surface area contributed by atoms with Crippen LogP contribution < -0.4 is 27.3 Å². The Hall–Kier alpha value is -5.40. The number of rotatable bonds is 8. The Kier molecular flexibility index (Phi) is 7.87. The number of H-pyrrole nitrogens is 2. The molecule has 2 aliphatic heterocycles. The molecule has 2 saturated heterocycles. The number of nitrogens with one attached hydrogen (secondary N) is 2. The molecule has 7 rings (SSSR count). The lowest BCUT2D eigenvalue weighted by Gasteiger charge is -2.33. The lowest BCUT2D eigenvalue weighted by atomic mass is 10.1. The summed E-state index contributed by atoms with van der Waals surface area (Å²) < 4.78 is 19.1. The molecule has 12 N–H and O–H groups in total. The topological polar surface area (TPSA) is 353 Å². The molecule has 264 valence electrons. The van der Waals surface area contributed by atoms with Gasteiger partial charge in [0.05, 0.1) is 20.3 Å². The molecule has 0 bridgehead atoms. The first kappa shape index (κ1) is 33.1. The number of imidazole rings is 2. The highest BCUT2D eigenvalue weighted by atomic mass is 16.6. The molecule has 2 aliphatic rings. The smallest absolute Gasteiger partial charge is 0.294 e. The largest absolute Gasteiger partial charge is 0.497 e. The van der Waals surface area contributed by atoms with Crippen LogP contribution in [0.1, 0.15) is 0 Å². The molecular weight excluding hydrogens is 668 g/mol. The summed E-state index contributed by atoms with van der Waals surface area (Å²) in [6.45, 7) is -1.70. The Labute approximate surface area is 277 Å². The highest BCUT2D eigenvalue weighted by molar-refractivity contribution is 5.78. The van der Waals surface area contributed by atoms with E-state index in [1.165, 1.54) is 7.11 Å². The van der Waals surface area contributed by atoms with Crippen LogP contribution in [-0.4, -0.2) is 127 Å². The van der Waals surface area contributed by atoms with E-state index in [9.17, 15) is 40.2 Å². The molecule has 5 aromatic rings. The highest BCUT2D eigenvalue weighted by Crippen LogP contribution is 2.45. The van der Waals surface area contributed by atoms with Gasteiger partial charge in [0.2, 0.25) is 11.9 Å². The van der Waals surface area contributed by atoms with Gasteiger partial charge in [0, 0.05) is 5.56 Å². The van der Waals surface area contributed by atoms with Gasteiger partial charge in [-0.3, -0.25) is 28.7 Å². The summed E-state index contributed by atoms with van der Waals surface area (Å²) in [6, 6.07) is 6.21. The molecule has 0 unspecified atom stereocenters. The molecule has 8 atom stereocenters. The zero-order valence-electron chi connectivity index (χ0n) is 25.7. The van der Waals surface area contributed by atoms with Gasteiger partial charge in [-0.15, -0.1) is 10.2 Å². The average Bonchev–Trinajstić information content (AvgIpc) is 3.83. The van der Waals surface area contributed by atoms with Crippen LogP contribution in [0.15, 0.2) is 50.4 Å². The van der Waals surface area contributed by atoms with E-state index in [4.69, 9.17) is 25.7 Å². The fourth-order valence-electron chi connectivity index (χ4n) is 6.04. The fourth-order valence-corrected chi connectivity index (χ4v) is 6.04. The third kappa shape index (κ3) is 4.75. The number of nitrogen functional groups attached to an aromatic ring is 2. The van der Waals surface area contributed by atoms with Crippen molar-refractivity contribution in [3.63, 3.8) is 0 Å². The zero-order chi connectivity index (χ0) is 35.7. The molecule has 23 nitrogen and oxygen atoms in total. The maximum Gasteiger partial charge on any atom is 0.294 e. The molecule has 1 aromatic carbocycles. The summed E-state index contributed by atoms with van der Waals surface area (Å²) >= 11 is 0. The minimum absolute atomic E-state index is 0.140. The quantitative estimate of drug-likeness (QED) is 0.0690. The van der Waals surface area contributed by atoms with Crippen LogP contribution in [0.3, 0.4) is 0 Å². The first-order valence-electron chi connectivity index (χ1n) is 14.8. The van der Waals surface area contributed by atoms with Gasteiger partial charge in [-0.05, 0) is 24.3 Å². The normalized spacial score (nSPS) is 29.9. The Bertz CT molecular complexity index is 2240. The molecule has 0 spiro atoms. The van der Waals surface area contributed by atoms with Crippen LogP contribution in [0.25, 0.3) is 33.7 Å². The van der Waals surface area contributed by atoms with Gasteiger partial charge in [0.15, 0.2) is 34.5 Å². The minimum Gasteiger partial charge on any atom is -0.497 e. The second kappa shape index (κ2) is 11.9. The molecule has 50 heavy (non-hydrogen) atoms. The average molecular weight is 699 g/mol. The van der Waals surface area contributed by atoms with E-state index in [-0.39, 0.29) is 45.6 Å². The van der Waals surface area contributed by atoms with Crippen LogP contribution in [0.5, 0.6) is 5.75 Å². The number of hydrogen-bond donors (Lipinski definition) is 10. The molecule has 2 fully saturated rings. The number of nitrogens with zero attached hydrogens (tertiary/aromatic N) is 8. The van der Waals surface area contributed by atoms with Gasteiger partial charge < -0.3 is 56.3 Å². The molecule has 0 aliphatic carbocycles. The van der Waals surface area contributed by atoms with Crippen molar-refractivity contribution in [1.29, 1.82) is 0 Å². The van der Waals surface area contributed by atoms with E-state index in [1.807, 2.05) is 0 Å². The predicted octanol–water partition coefficient (Wildman–Crippen LogP) is -4.01. The van der Waals surface area contributed by atoms with Gasteiger partial charge in [-0.1, -0.05) is 0 Å². The second-order valence-corrected chi connectivity index (χ2v) is 11.4. The van der Waals surface area contributed by atoms with Gasteiger partial charge in [0.1, 0.15) is 42.3 Å². The lowest BCUT2D eigenvalue weighted by Crippen LogP contribution is -2.47. The molecule has 0 saturated carbocycles. The molecular formula is C27H30N12O11. The number of methoxy groups -OCH3 is 1. The Morgan fingerprint density at radius 1 is 0.840 bits per heavy atom. The molecule has 23 heteroatoms. The third-order valence-electron chi connectivity index (χ3n) is 8.50. The van der Waals surface area contributed by atoms with Gasteiger partial charge in [-0.25, -0.2) is 9.97 Å². The maximum absolute atomic E-state index is 13.1. The number of aromatic nitrogens is 8. The first-order valence-corrected chi connectivity index (χ1v) is 14.8. The van der Waals surface area contributed by atoms with Gasteiger partial charge in [-0.2, -0.15) is 9.97 Å². The van der Waals surface area contributed by atoms with Crippen LogP contribution in [0, 0.1) is 0 Å². The highest BCUT2D eigenvalue weighted by Gasteiger charge is 2.61. The van der Waals surface area contributed by atoms with E-state index in [0.29, 0.717) is 5.75 Å². The van der Waals surface area contributed by atoms with E-state index in [1.54, 1.807) is 24.3 Å². The minimum atomic E-state index is -2.71. The van der Waals surface area contributed by atoms with Crippen molar-refractivity contribution in [3.8, 4) is 17.1 Å². The van der Waals surface area contributed by atoms with E-state index < -0.39 is 72.7 Å². The van der Waals surface area contributed by atoms with Crippen molar-refractivity contribution in [2.75, 3.05) is 31.8 Å². The maximum atomic E-state index is 13.1. The Balaban J connectivity index is 1.54. The van der Waals surface area contributed by atoms with Crippen molar-refractivity contribution in [2.45, 2.75) is 48.3 Å². The number of anilines is 2. The number of nitrogens with two attached hydrogens (primary N) is 2. The van der Waals surface area contributed by atoms with Crippen LogP contribution in [0.4, 0.5) is 11.9 Å². The summed E-state index contributed by atoms with van der Waals surface area (Å²) in [7, 11) is 1.45. The van der Waals surface area contributed by atoms with Gasteiger partial charge in [0.25, 0.3) is 22.8 Å². The van der Waals surface area contributed by atoms with Crippen LogP contribution >= 0.6 is 0 Å². The van der Waals surface area contributed by atoms with Crippen molar-refractivity contribution in [1.82, 2.24) is 39.0 Å². The predicted molar refractivity (Wildman–Crippen MR) is 166 cm³/mol. The number of hydrogen-bond acceptors (Lipinski definition) is 19. The standard InChI is InChI=1S/C27H30N12O11/c1-48-10-4-2-9(3-5-10)19-31-14-21(33-25(29)35-23(14)47)39(19)27(18(45)16(43)12(7-41)50-27)37-36-26(17(44)15(42)11(6-40)49-26)38-8-30-13-20(38)32-24(28)34-22(13)46/h2-5,8,11-12,15-18,40-45H,6-7H2,1H3,(H3,28,32,34,46)(H3,29,33,35,47)/t11-,12-,15-,16-,17-,18-,26+,27+/m1/s1. The monoisotopic (exact) mass is 698 g/mol. The molecule has 6 heterocycles. The van der Waals surface area contributed by atoms with Crippen LogP contribution in [0.2, 0.25) is 0 Å². The number of aliphatic hydroxyl groups is 6. The van der Waals surface area contributed by atoms with E-state index >= 15 is 0 Å². The van der Waals surface area contributed by atoms with E-state index in [0.717, 1.165) is 15.5 Å². The number of ether oxygens (including phenoxy) is 3. The second-order valence-electron chi connectivity index (χ2n) is 11.4. The summed E-state index contributed by atoms with van der Waals surface area (Å²) in [5, 5.41) is 73.9. The first-order chi connectivity index (χ1) is 23.9. The van der Waals surface area contributed by atoms with E-state index in [2.05, 4.69) is 40.1 Å².